The van der Waals surface area contributed by atoms with Crippen molar-refractivity contribution in [2.24, 2.45) is 5.73 Å². The maximum Gasteiger partial charge on any atom is 0.256 e. The van der Waals surface area contributed by atoms with Gasteiger partial charge < -0.3 is 10.6 Å². The van der Waals surface area contributed by atoms with E-state index in [-0.39, 0.29) is 11.5 Å². The lowest BCUT2D eigenvalue weighted by atomic mass is 10.1. The summed E-state index contributed by atoms with van der Waals surface area (Å²) < 4.78 is 13.8. The Balaban J connectivity index is 2.96. The SMILES string of the molecule is CCCN(CCN)C(=O)c1cccc(C)c1F. The van der Waals surface area contributed by atoms with Crippen molar-refractivity contribution in [3.05, 3.63) is 35.1 Å². The molecule has 0 spiro atoms. The standard InChI is InChI=1S/C13H19FN2O/c1-3-8-16(9-7-15)13(17)11-6-4-5-10(2)12(11)14/h4-6H,3,7-9,15H2,1-2H3. The Labute approximate surface area is 101 Å². The first kappa shape index (κ1) is 13.6. The molecular weight excluding hydrogens is 219 g/mol. The predicted octanol–water partition coefficient (Wildman–Crippen LogP) is 1.95. The lowest BCUT2D eigenvalue weighted by Crippen LogP contribution is -2.36. The van der Waals surface area contributed by atoms with E-state index >= 15 is 0 Å². The molecule has 0 unspecified atom stereocenters. The molecule has 0 atom stereocenters. The molecule has 0 aliphatic carbocycles. The maximum absolute atomic E-state index is 13.8. The lowest BCUT2D eigenvalue weighted by molar-refractivity contribution is 0.0755. The van der Waals surface area contributed by atoms with Crippen molar-refractivity contribution in [2.45, 2.75) is 20.3 Å². The number of carbonyl (C=O) groups excluding carboxylic acids is 1. The van der Waals surface area contributed by atoms with E-state index in [9.17, 15) is 9.18 Å². The van der Waals surface area contributed by atoms with Crippen LogP contribution in [0.2, 0.25) is 0 Å². The molecule has 1 rings (SSSR count). The van der Waals surface area contributed by atoms with E-state index in [0.717, 1.165) is 6.42 Å². The first-order chi connectivity index (χ1) is 8.11. The van der Waals surface area contributed by atoms with Crippen LogP contribution in [0.1, 0.15) is 29.3 Å². The first-order valence-corrected chi connectivity index (χ1v) is 5.86. The van der Waals surface area contributed by atoms with E-state index in [2.05, 4.69) is 0 Å². The third-order valence-electron chi connectivity index (χ3n) is 2.60. The Hall–Kier alpha value is -1.42. The Kier molecular flexibility index (Phi) is 5.10. The first-order valence-electron chi connectivity index (χ1n) is 5.86. The Morgan fingerprint density at radius 2 is 2.12 bits per heavy atom. The smallest absolute Gasteiger partial charge is 0.256 e. The zero-order valence-electron chi connectivity index (χ0n) is 10.4. The van der Waals surface area contributed by atoms with Gasteiger partial charge in [0.25, 0.3) is 5.91 Å². The van der Waals surface area contributed by atoms with Gasteiger partial charge in [-0.2, -0.15) is 0 Å². The fourth-order valence-electron chi connectivity index (χ4n) is 1.72. The summed E-state index contributed by atoms with van der Waals surface area (Å²) in [7, 11) is 0. The fraction of sp³-hybridized carbons (Fsp3) is 0.462. The van der Waals surface area contributed by atoms with E-state index in [1.165, 1.54) is 6.07 Å². The summed E-state index contributed by atoms with van der Waals surface area (Å²) in [4.78, 5) is 13.7. The average Bonchev–Trinajstić information content (AvgIpc) is 2.31. The normalized spacial score (nSPS) is 10.4. The molecule has 0 aliphatic rings. The number of carbonyl (C=O) groups is 1. The van der Waals surface area contributed by atoms with Crippen LogP contribution in [0.25, 0.3) is 0 Å². The van der Waals surface area contributed by atoms with Crippen LogP contribution in [0.3, 0.4) is 0 Å². The van der Waals surface area contributed by atoms with E-state index in [1.807, 2.05) is 6.92 Å². The molecule has 1 aromatic rings. The fourth-order valence-corrected chi connectivity index (χ4v) is 1.72. The molecule has 4 heteroatoms. The summed E-state index contributed by atoms with van der Waals surface area (Å²) in [5, 5.41) is 0. The molecule has 0 fully saturated rings. The van der Waals surface area contributed by atoms with Gasteiger partial charge in [0.15, 0.2) is 0 Å². The monoisotopic (exact) mass is 238 g/mol. The summed E-state index contributed by atoms with van der Waals surface area (Å²) in [6.07, 6.45) is 0.833. The van der Waals surface area contributed by atoms with Gasteiger partial charge >= 0.3 is 0 Å². The number of rotatable bonds is 5. The summed E-state index contributed by atoms with van der Waals surface area (Å²) in [6.45, 7) is 5.07. The summed E-state index contributed by atoms with van der Waals surface area (Å²) in [5.41, 5.74) is 6.07. The van der Waals surface area contributed by atoms with Crippen LogP contribution >= 0.6 is 0 Å². The van der Waals surface area contributed by atoms with Gasteiger partial charge in [0, 0.05) is 19.6 Å². The zero-order chi connectivity index (χ0) is 12.8. The second-order valence-electron chi connectivity index (χ2n) is 4.02. The molecule has 94 valence electrons. The van der Waals surface area contributed by atoms with Crippen LogP contribution in [-0.2, 0) is 0 Å². The largest absolute Gasteiger partial charge is 0.337 e. The molecule has 1 aromatic carbocycles. The molecule has 0 radical (unpaired) electrons. The number of nitrogens with two attached hydrogens (primary N) is 1. The number of hydrogen-bond donors (Lipinski definition) is 1. The molecule has 0 saturated heterocycles. The van der Waals surface area contributed by atoms with Gasteiger partial charge in [0.2, 0.25) is 0 Å². The second-order valence-corrected chi connectivity index (χ2v) is 4.02. The third-order valence-corrected chi connectivity index (χ3v) is 2.60. The van der Waals surface area contributed by atoms with Crippen molar-refractivity contribution in [1.82, 2.24) is 4.90 Å². The van der Waals surface area contributed by atoms with Crippen molar-refractivity contribution < 1.29 is 9.18 Å². The van der Waals surface area contributed by atoms with Crippen LogP contribution in [0, 0.1) is 12.7 Å². The minimum Gasteiger partial charge on any atom is -0.337 e. The average molecular weight is 238 g/mol. The molecule has 1 amide bonds. The highest BCUT2D eigenvalue weighted by atomic mass is 19.1. The quantitative estimate of drug-likeness (QED) is 0.852. The third kappa shape index (κ3) is 3.27. The molecule has 2 N–H and O–H groups in total. The van der Waals surface area contributed by atoms with Crippen molar-refractivity contribution >= 4 is 5.91 Å². The van der Waals surface area contributed by atoms with Crippen molar-refractivity contribution in [3.63, 3.8) is 0 Å². The van der Waals surface area contributed by atoms with Crippen LogP contribution in [-0.4, -0.2) is 30.4 Å². The summed E-state index contributed by atoms with van der Waals surface area (Å²) in [6, 6.07) is 4.86. The highest BCUT2D eigenvalue weighted by Crippen LogP contribution is 2.14. The van der Waals surface area contributed by atoms with Gasteiger partial charge in [0.05, 0.1) is 5.56 Å². The maximum atomic E-state index is 13.8. The van der Waals surface area contributed by atoms with Crippen molar-refractivity contribution in [1.29, 1.82) is 0 Å². The summed E-state index contributed by atoms with van der Waals surface area (Å²) >= 11 is 0. The van der Waals surface area contributed by atoms with E-state index in [0.29, 0.717) is 25.2 Å². The van der Waals surface area contributed by atoms with Gasteiger partial charge in [-0.1, -0.05) is 19.1 Å². The van der Waals surface area contributed by atoms with Crippen molar-refractivity contribution in [2.75, 3.05) is 19.6 Å². The second kappa shape index (κ2) is 6.35. The molecule has 0 aliphatic heterocycles. The number of nitrogens with zero attached hydrogens (tertiary/aromatic N) is 1. The number of amides is 1. The molecule has 3 nitrogen and oxygen atoms in total. The lowest BCUT2D eigenvalue weighted by Gasteiger charge is -2.21. The zero-order valence-corrected chi connectivity index (χ0v) is 10.4. The predicted molar refractivity (Wildman–Crippen MR) is 66.4 cm³/mol. The highest BCUT2D eigenvalue weighted by Gasteiger charge is 2.18. The van der Waals surface area contributed by atoms with Crippen LogP contribution in [0.5, 0.6) is 0 Å². The Morgan fingerprint density at radius 1 is 1.41 bits per heavy atom. The molecule has 17 heavy (non-hydrogen) atoms. The highest BCUT2D eigenvalue weighted by molar-refractivity contribution is 5.94. The van der Waals surface area contributed by atoms with Gasteiger partial charge in [0.1, 0.15) is 5.82 Å². The minimum atomic E-state index is -0.435. The van der Waals surface area contributed by atoms with E-state index in [1.54, 1.807) is 24.0 Å². The van der Waals surface area contributed by atoms with Crippen LogP contribution in [0.15, 0.2) is 18.2 Å². The van der Waals surface area contributed by atoms with Gasteiger partial charge in [-0.05, 0) is 25.0 Å². The van der Waals surface area contributed by atoms with Gasteiger partial charge in [-0.15, -0.1) is 0 Å². The molecular formula is C13H19FN2O. The molecule has 0 saturated carbocycles. The Bertz CT molecular complexity index is 387. The topological polar surface area (TPSA) is 46.3 Å². The van der Waals surface area contributed by atoms with Crippen LogP contribution in [0.4, 0.5) is 4.39 Å². The molecule has 0 bridgehead atoms. The number of hydrogen-bond acceptors (Lipinski definition) is 2. The van der Waals surface area contributed by atoms with E-state index in [4.69, 9.17) is 5.73 Å². The number of aryl methyl sites for hydroxylation is 1. The molecule has 0 aromatic heterocycles. The number of halogens is 1. The number of benzene rings is 1. The van der Waals surface area contributed by atoms with Crippen molar-refractivity contribution in [3.8, 4) is 0 Å². The van der Waals surface area contributed by atoms with Gasteiger partial charge in [-0.3, -0.25) is 4.79 Å². The minimum absolute atomic E-state index is 0.131. The van der Waals surface area contributed by atoms with Gasteiger partial charge in [-0.25, -0.2) is 4.39 Å². The Morgan fingerprint density at radius 3 is 2.71 bits per heavy atom. The molecule has 0 heterocycles. The van der Waals surface area contributed by atoms with E-state index < -0.39 is 5.82 Å². The van der Waals surface area contributed by atoms with Crippen LogP contribution < -0.4 is 5.73 Å². The summed E-state index contributed by atoms with van der Waals surface area (Å²) in [5.74, 6) is -0.714.